The van der Waals surface area contributed by atoms with E-state index in [9.17, 15) is 9.59 Å². The lowest BCUT2D eigenvalue weighted by Gasteiger charge is -2.22. The maximum absolute atomic E-state index is 12.9. The van der Waals surface area contributed by atoms with Crippen LogP contribution >= 0.6 is 34.4 Å². The van der Waals surface area contributed by atoms with E-state index < -0.39 is 0 Å². The average Bonchev–Trinajstić information content (AvgIpc) is 3.16. The van der Waals surface area contributed by atoms with Crippen LogP contribution in [0.25, 0.3) is 0 Å². The minimum absolute atomic E-state index is 0.100. The van der Waals surface area contributed by atoms with Crippen molar-refractivity contribution in [1.29, 1.82) is 0 Å². The second-order valence-electron chi connectivity index (χ2n) is 9.19. The summed E-state index contributed by atoms with van der Waals surface area (Å²) in [5.41, 5.74) is 3.59. The highest BCUT2D eigenvalue weighted by atomic mass is 127. The molecule has 0 aliphatic heterocycles. The molecule has 0 aliphatic rings. The van der Waals surface area contributed by atoms with Crippen molar-refractivity contribution < 1.29 is 9.59 Å². The fourth-order valence-electron chi connectivity index (χ4n) is 3.70. The van der Waals surface area contributed by atoms with Gasteiger partial charge >= 0.3 is 0 Å². The smallest absolute Gasteiger partial charge is 0.251 e. The molecule has 1 heterocycles. The first-order chi connectivity index (χ1) is 16.6. The fourth-order valence-corrected chi connectivity index (χ4v) is 4.94. The van der Waals surface area contributed by atoms with Gasteiger partial charge in [0.2, 0.25) is 5.91 Å². The van der Waals surface area contributed by atoms with Crippen LogP contribution in [0, 0.1) is 16.4 Å². The molecule has 0 saturated carbocycles. The second-order valence-corrected chi connectivity index (χ2v) is 11.4. The van der Waals surface area contributed by atoms with Crippen molar-refractivity contribution in [2.24, 2.45) is 13.0 Å². The summed E-state index contributed by atoms with van der Waals surface area (Å²) in [6.45, 7) is 10.2. The Morgan fingerprint density at radius 3 is 2.49 bits per heavy atom. The molecule has 0 unspecified atom stereocenters. The molecule has 186 valence electrons. The zero-order valence-electron chi connectivity index (χ0n) is 20.9. The van der Waals surface area contributed by atoms with E-state index in [1.165, 1.54) is 11.8 Å². The Hall–Kier alpha value is -2.40. The van der Waals surface area contributed by atoms with Crippen LogP contribution in [-0.4, -0.2) is 32.3 Å². The van der Waals surface area contributed by atoms with Gasteiger partial charge in [0.15, 0.2) is 11.0 Å². The van der Waals surface area contributed by atoms with Crippen molar-refractivity contribution in [1.82, 2.24) is 20.1 Å². The van der Waals surface area contributed by atoms with Gasteiger partial charge in [0, 0.05) is 21.9 Å². The van der Waals surface area contributed by atoms with Gasteiger partial charge in [-0.3, -0.25) is 9.59 Å². The van der Waals surface area contributed by atoms with Crippen LogP contribution < -0.4 is 10.6 Å². The molecule has 0 bridgehead atoms. The van der Waals surface area contributed by atoms with Crippen molar-refractivity contribution in [3.05, 3.63) is 68.5 Å². The van der Waals surface area contributed by atoms with Gasteiger partial charge in [0.25, 0.3) is 5.91 Å². The molecule has 7 nitrogen and oxygen atoms in total. The van der Waals surface area contributed by atoms with Crippen LogP contribution in [0.3, 0.4) is 0 Å². The first kappa shape index (κ1) is 27.2. The molecule has 3 aromatic rings. The molecule has 0 fully saturated rings. The van der Waals surface area contributed by atoms with Gasteiger partial charge < -0.3 is 15.2 Å². The number of carbonyl (C=O) groups is 2. The van der Waals surface area contributed by atoms with Gasteiger partial charge in [-0.15, -0.1) is 10.2 Å². The number of thioether (sulfide) groups is 1. The predicted molar refractivity (Wildman–Crippen MR) is 150 cm³/mol. The number of benzene rings is 2. The zero-order chi connectivity index (χ0) is 25.7. The highest BCUT2D eigenvalue weighted by Crippen LogP contribution is 2.28. The molecule has 2 amide bonds. The minimum Gasteiger partial charge on any atom is -0.342 e. The second kappa shape index (κ2) is 12.0. The number of amides is 2. The quantitative estimate of drug-likeness (QED) is 0.241. The third kappa shape index (κ3) is 7.07. The molecular weight excluding hydrogens is 573 g/mol. The Bertz CT molecular complexity index is 1210. The van der Waals surface area contributed by atoms with E-state index in [0.29, 0.717) is 22.5 Å². The van der Waals surface area contributed by atoms with Crippen LogP contribution in [0.1, 0.15) is 67.0 Å². The number of nitrogens with one attached hydrogen (secondary N) is 2. The lowest BCUT2D eigenvalue weighted by molar-refractivity contribution is -0.113. The number of aryl methyl sites for hydroxylation is 1. The molecular formula is C26H32IN5O2S. The Kier molecular flexibility index (Phi) is 9.34. The van der Waals surface area contributed by atoms with Crippen LogP contribution in [0.2, 0.25) is 0 Å². The SMILES string of the molecule is Cc1cccc(C(=O)N[C@H](c2nnc(SCC(=O)Nc3ccc(I)cc3C(C)C)n2C)C(C)C)c1. The van der Waals surface area contributed by atoms with Crippen LogP contribution in [0.15, 0.2) is 47.6 Å². The lowest BCUT2D eigenvalue weighted by Crippen LogP contribution is -2.33. The molecule has 35 heavy (non-hydrogen) atoms. The van der Waals surface area contributed by atoms with Crippen molar-refractivity contribution in [2.45, 2.75) is 51.7 Å². The van der Waals surface area contributed by atoms with Crippen molar-refractivity contribution in [3.63, 3.8) is 0 Å². The van der Waals surface area contributed by atoms with Gasteiger partial charge in [-0.25, -0.2) is 0 Å². The van der Waals surface area contributed by atoms with Crippen LogP contribution in [0.5, 0.6) is 0 Å². The predicted octanol–water partition coefficient (Wildman–Crippen LogP) is 5.71. The molecule has 1 atom stereocenters. The standard InChI is InChI=1S/C26H32IN5O2S/c1-15(2)20-13-19(27)10-11-21(20)28-22(33)14-35-26-31-30-24(32(26)6)23(16(3)4)29-25(34)18-9-7-8-17(5)12-18/h7-13,15-16,23H,14H2,1-6H3,(H,28,33)(H,29,34)/t23-/m0/s1. The summed E-state index contributed by atoms with van der Waals surface area (Å²) in [4.78, 5) is 25.5. The minimum atomic E-state index is -0.316. The monoisotopic (exact) mass is 605 g/mol. The van der Waals surface area contributed by atoms with Gasteiger partial charge in [0.1, 0.15) is 0 Å². The number of nitrogens with zero attached hydrogens (tertiary/aromatic N) is 3. The topological polar surface area (TPSA) is 88.9 Å². The van der Waals surface area contributed by atoms with Gasteiger partial charge in [-0.2, -0.15) is 0 Å². The number of rotatable bonds is 9. The zero-order valence-corrected chi connectivity index (χ0v) is 23.9. The highest BCUT2D eigenvalue weighted by Gasteiger charge is 2.25. The van der Waals surface area contributed by atoms with E-state index in [4.69, 9.17) is 0 Å². The number of anilines is 1. The van der Waals surface area contributed by atoms with Gasteiger partial charge in [-0.05, 0) is 77.2 Å². The Labute approximate surface area is 225 Å². The van der Waals surface area contributed by atoms with E-state index in [0.717, 1.165) is 20.4 Å². The molecule has 0 radical (unpaired) electrons. The Morgan fingerprint density at radius 2 is 1.83 bits per heavy atom. The molecule has 1 aromatic heterocycles. The molecule has 0 spiro atoms. The largest absolute Gasteiger partial charge is 0.342 e. The van der Waals surface area contributed by atoms with Gasteiger partial charge in [0.05, 0.1) is 11.8 Å². The maximum Gasteiger partial charge on any atom is 0.251 e. The van der Waals surface area contributed by atoms with Crippen LogP contribution in [0.4, 0.5) is 5.69 Å². The maximum atomic E-state index is 12.9. The molecule has 3 rings (SSSR count). The van der Waals surface area contributed by atoms with E-state index in [1.807, 2.05) is 62.7 Å². The summed E-state index contributed by atoms with van der Waals surface area (Å²) in [6.07, 6.45) is 0. The lowest BCUT2D eigenvalue weighted by atomic mass is 10.0. The Balaban J connectivity index is 1.68. The van der Waals surface area contributed by atoms with E-state index in [1.54, 1.807) is 6.07 Å². The summed E-state index contributed by atoms with van der Waals surface area (Å²) in [6, 6.07) is 13.2. The number of hydrogen-bond acceptors (Lipinski definition) is 5. The summed E-state index contributed by atoms with van der Waals surface area (Å²) in [5, 5.41) is 15.4. The Morgan fingerprint density at radius 1 is 1.09 bits per heavy atom. The summed E-state index contributed by atoms with van der Waals surface area (Å²) >= 11 is 3.60. The first-order valence-electron chi connectivity index (χ1n) is 11.6. The van der Waals surface area contributed by atoms with Crippen molar-refractivity contribution in [2.75, 3.05) is 11.1 Å². The van der Waals surface area contributed by atoms with E-state index >= 15 is 0 Å². The number of aromatic nitrogens is 3. The summed E-state index contributed by atoms with van der Waals surface area (Å²) < 4.78 is 2.99. The van der Waals surface area contributed by atoms with E-state index in [-0.39, 0.29) is 29.5 Å². The van der Waals surface area contributed by atoms with Crippen molar-refractivity contribution >= 4 is 51.9 Å². The molecule has 2 aromatic carbocycles. The van der Waals surface area contributed by atoms with Crippen molar-refractivity contribution in [3.8, 4) is 0 Å². The molecule has 2 N–H and O–H groups in total. The van der Waals surface area contributed by atoms with Crippen LogP contribution in [-0.2, 0) is 11.8 Å². The summed E-state index contributed by atoms with van der Waals surface area (Å²) in [7, 11) is 1.86. The van der Waals surface area contributed by atoms with Gasteiger partial charge in [-0.1, -0.05) is 57.2 Å². The normalized spacial score (nSPS) is 12.1. The third-order valence-electron chi connectivity index (χ3n) is 5.62. The fraction of sp³-hybridized carbons (Fsp3) is 0.385. The molecule has 9 heteroatoms. The summed E-state index contributed by atoms with van der Waals surface area (Å²) in [5.74, 6) is 1.01. The van der Waals surface area contributed by atoms with E-state index in [2.05, 4.69) is 63.3 Å². The number of halogens is 1. The first-order valence-corrected chi connectivity index (χ1v) is 13.6. The average molecular weight is 606 g/mol. The number of carbonyl (C=O) groups excluding carboxylic acids is 2. The third-order valence-corrected chi connectivity index (χ3v) is 7.31. The number of hydrogen-bond donors (Lipinski definition) is 2. The molecule has 0 saturated heterocycles. The molecule has 0 aliphatic carbocycles. The highest BCUT2D eigenvalue weighted by molar-refractivity contribution is 14.1.